The fourth-order valence-electron chi connectivity index (χ4n) is 3.20. The van der Waals surface area contributed by atoms with E-state index in [9.17, 15) is 0 Å². The van der Waals surface area contributed by atoms with Crippen LogP contribution in [-0.4, -0.2) is 7.38 Å². The molecule has 1 unspecified atom stereocenters. The van der Waals surface area contributed by atoms with Gasteiger partial charge in [-0.25, -0.2) is 0 Å². The fourth-order valence-corrected chi connectivity index (χ4v) is 7.52. The van der Waals surface area contributed by atoms with Crippen LogP contribution in [0, 0.1) is 20.8 Å². The molecule has 23 heavy (non-hydrogen) atoms. The van der Waals surface area contributed by atoms with E-state index in [2.05, 4.69) is 87.5 Å². The van der Waals surface area contributed by atoms with E-state index in [1.807, 2.05) is 6.07 Å². The molecule has 1 atom stereocenters. The van der Waals surface area contributed by atoms with Gasteiger partial charge < -0.3 is 0 Å². The van der Waals surface area contributed by atoms with E-state index in [-0.39, 0.29) is 0 Å². The Bertz CT molecular complexity index is 806. The molecular weight excluding hydrogens is 316 g/mol. The first-order chi connectivity index (χ1) is 11.0. The number of hydrogen-bond acceptors (Lipinski definition) is 0. The Morgan fingerprint density at radius 1 is 0.565 bits per heavy atom. The van der Waals surface area contributed by atoms with Crippen LogP contribution in [0.15, 0.2) is 72.8 Å². The summed E-state index contributed by atoms with van der Waals surface area (Å²) in [5.74, 6) is 0. The summed E-state index contributed by atoms with van der Waals surface area (Å²) in [6, 6.07) is 25.9. The molecule has 0 spiro atoms. The number of hydrogen-bond donors (Lipinski definition) is 0. The van der Waals surface area contributed by atoms with Crippen molar-refractivity contribution in [3.8, 4) is 0 Å². The SMILES string of the molecule is Cc1cccc([Si](Cl)(c2ccccc2)c2cc(C)cc(C)c2)c1. The van der Waals surface area contributed by atoms with Crippen molar-refractivity contribution < 1.29 is 0 Å². The van der Waals surface area contributed by atoms with Crippen molar-refractivity contribution >= 4 is 34.0 Å². The third-order valence-electron chi connectivity index (χ3n) is 4.21. The van der Waals surface area contributed by atoms with Crippen LogP contribution in [0.1, 0.15) is 16.7 Å². The van der Waals surface area contributed by atoms with Gasteiger partial charge in [-0.1, -0.05) is 89.5 Å². The van der Waals surface area contributed by atoms with Crippen molar-refractivity contribution in [1.82, 2.24) is 0 Å². The van der Waals surface area contributed by atoms with Crippen molar-refractivity contribution in [2.75, 3.05) is 0 Å². The molecule has 0 aromatic heterocycles. The summed E-state index contributed by atoms with van der Waals surface area (Å²) < 4.78 is 0. The molecule has 3 aromatic carbocycles. The minimum atomic E-state index is -2.50. The lowest BCUT2D eigenvalue weighted by molar-refractivity contribution is 1.40. The molecule has 2 heteroatoms. The summed E-state index contributed by atoms with van der Waals surface area (Å²) in [5, 5.41) is 3.74. The monoisotopic (exact) mass is 336 g/mol. The molecule has 0 radical (unpaired) electrons. The lowest BCUT2D eigenvalue weighted by Gasteiger charge is -2.27. The molecule has 3 aromatic rings. The molecule has 0 fully saturated rings. The van der Waals surface area contributed by atoms with Crippen molar-refractivity contribution in [1.29, 1.82) is 0 Å². The lowest BCUT2D eigenvalue weighted by atomic mass is 10.2. The Morgan fingerprint density at radius 3 is 1.74 bits per heavy atom. The number of aryl methyl sites for hydroxylation is 3. The molecule has 0 saturated carbocycles. The molecule has 0 heterocycles. The first kappa shape index (κ1) is 16.0. The number of benzene rings is 3. The van der Waals surface area contributed by atoms with Gasteiger partial charge in [0.05, 0.1) is 0 Å². The van der Waals surface area contributed by atoms with Crippen molar-refractivity contribution in [2.45, 2.75) is 20.8 Å². The third-order valence-corrected chi connectivity index (χ3v) is 9.49. The van der Waals surface area contributed by atoms with Crippen LogP contribution in [0.4, 0.5) is 0 Å². The summed E-state index contributed by atoms with van der Waals surface area (Å²) in [7, 11) is -2.50. The van der Waals surface area contributed by atoms with Gasteiger partial charge in [0.1, 0.15) is 0 Å². The summed E-state index contributed by atoms with van der Waals surface area (Å²) >= 11 is 7.47. The topological polar surface area (TPSA) is 0 Å². The van der Waals surface area contributed by atoms with Gasteiger partial charge in [-0.15, -0.1) is 11.1 Å². The molecular formula is C21H21ClSi. The maximum absolute atomic E-state index is 7.47. The van der Waals surface area contributed by atoms with Crippen LogP contribution in [-0.2, 0) is 0 Å². The van der Waals surface area contributed by atoms with Gasteiger partial charge in [0.15, 0.2) is 0 Å². The van der Waals surface area contributed by atoms with E-state index in [1.165, 1.54) is 32.3 Å². The van der Waals surface area contributed by atoms with E-state index in [0.717, 1.165) is 0 Å². The van der Waals surface area contributed by atoms with Crippen LogP contribution in [0.25, 0.3) is 0 Å². The zero-order valence-electron chi connectivity index (χ0n) is 13.8. The van der Waals surface area contributed by atoms with E-state index in [4.69, 9.17) is 11.1 Å². The molecule has 0 aliphatic carbocycles. The van der Waals surface area contributed by atoms with E-state index in [1.54, 1.807) is 0 Å². The minimum Gasteiger partial charge on any atom is -0.149 e. The Balaban J connectivity index is 2.30. The minimum absolute atomic E-state index is 1.23. The van der Waals surface area contributed by atoms with Crippen molar-refractivity contribution in [2.24, 2.45) is 0 Å². The second kappa shape index (κ2) is 6.35. The standard InChI is InChI=1S/C21H21ClSi/c1-16-8-7-11-20(13-16)23(22,19-9-5-4-6-10-19)21-14-17(2)12-18(3)15-21/h4-15H,1-3H3. The molecule has 0 aliphatic rings. The van der Waals surface area contributed by atoms with Crippen molar-refractivity contribution in [3.63, 3.8) is 0 Å². The molecule has 0 aliphatic heterocycles. The highest BCUT2D eigenvalue weighted by atomic mass is 35.6. The van der Waals surface area contributed by atoms with Crippen LogP contribution in [0.3, 0.4) is 0 Å². The predicted molar refractivity (Wildman–Crippen MR) is 104 cm³/mol. The van der Waals surface area contributed by atoms with Gasteiger partial charge in [0.25, 0.3) is 0 Å². The van der Waals surface area contributed by atoms with E-state index < -0.39 is 7.38 Å². The van der Waals surface area contributed by atoms with Gasteiger partial charge in [-0.05, 0) is 36.3 Å². The average molecular weight is 337 g/mol. The highest BCUT2D eigenvalue weighted by molar-refractivity contribution is 7.40. The largest absolute Gasteiger partial charge is 0.247 e. The van der Waals surface area contributed by atoms with Crippen LogP contribution in [0.5, 0.6) is 0 Å². The highest BCUT2D eigenvalue weighted by Gasteiger charge is 2.38. The normalized spacial score (nSPS) is 13.6. The molecule has 0 N–H and O–H groups in total. The Labute approximate surface area is 144 Å². The molecule has 3 rings (SSSR count). The summed E-state index contributed by atoms with van der Waals surface area (Å²) in [4.78, 5) is 0. The van der Waals surface area contributed by atoms with Crippen LogP contribution < -0.4 is 15.6 Å². The molecule has 0 bridgehead atoms. The van der Waals surface area contributed by atoms with Crippen LogP contribution in [0.2, 0.25) is 0 Å². The first-order valence-corrected chi connectivity index (χ1v) is 10.9. The van der Waals surface area contributed by atoms with E-state index >= 15 is 0 Å². The fraction of sp³-hybridized carbons (Fsp3) is 0.143. The maximum Gasteiger partial charge on any atom is 0.247 e. The maximum atomic E-state index is 7.47. The summed E-state index contributed by atoms with van der Waals surface area (Å²) in [6.07, 6.45) is 0. The van der Waals surface area contributed by atoms with Gasteiger partial charge in [0, 0.05) is 0 Å². The second-order valence-electron chi connectivity index (χ2n) is 6.27. The predicted octanol–water partition coefficient (Wildman–Crippen LogP) is 3.82. The van der Waals surface area contributed by atoms with Crippen LogP contribution >= 0.6 is 11.1 Å². The van der Waals surface area contributed by atoms with E-state index in [0.29, 0.717) is 0 Å². The molecule has 116 valence electrons. The van der Waals surface area contributed by atoms with Gasteiger partial charge in [-0.2, -0.15) is 0 Å². The summed E-state index contributed by atoms with van der Waals surface area (Å²) in [6.45, 7) is 6.41. The number of halogens is 1. The quantitative estimate of drug-likeness (QED) is 0.387. The third kappa shape index (κ3) is 3.12. The number of rotatable bonds is 3. The highest BCUT2D eigenvalue weighted by Crippen LogP contribution is 2.15. The Hall–Kier alpha value is -1.83. The smallest absolute Gasteiger partial charge is 0.149 e. The van der Waals surface area contributed by atoms with Gasteiger partial charge in [0.2, 0.25) is 7.38 Å². The second-order valence-corrected chi connectivity index (χ2v) is 11.0. The Kier molecular flexibility index (Phi) is 4.43. The lowest BCUT2D eigenvalue weighted by Crippen LogP contribution is -2.63. The zero-order chi connectivity index (χ0) is 16.4. The molecule has 0 amide bonds. The summed E-state index contributed by atoms with van der Waals surface area (Å²) in [5.41, 5.74) is 3.78. The molecule has 0 saturated heterocycles. The van der Waals surface area contributed by atoms with Gasteiger partial charge in [-0.3, -0.25) is 0 Å². The van der Waals surface area contributed by atoms with Crippen molar-refractivity contribution in [3.05, 3.63) is 89.5 Å². The first-order valence-electron chi connectivity index (χ1n) is 7.90. The van der Waals surface area contributed by atoms with Gasteiger partial charge >= 0.3 is 0 Å². The Morgan fingerprint density at radius 2 is 1.13 bits per heavy atom. The zero-order valence-corrected chi connectivity index (χ0v) is 15.6. The average Bonchev–Trinajstić information content (AvgIpc) is 2.54. The molecule has 0 nitrogen and oxygen atoms in total.